The monoisotopic (exact) mass is 393 g/mol. The number of aliphatic hydroxyl groups is 2. The molecule has 5 atom stereocenters. The molecular weight excluding hydrogens is 380 g/mol. The van der Waals surface area contributed by atoms with Gasteiger partial charge in [-0.2, -0.15) is 4.31 Å². The molecule has 5 N–H and O–H groups in total. The first-order valence-electron chi connectivity index (χ1n) is 6.77. The first kappa shape index (κ1) is 18.2. The van der Waals surface area contributed by atoms with Crippen LogP contribution in [0.5, 0.6) is 0 Å². The Morgan fingerprint density at radius 1 is 1.36 bits per heavy atom. The Bertz CT molecular complexity index is 833. The van der Waals surface area contributed by atoms with Crippen molar-refractivity contribution in [1.82, 2.24) is 19.5 Å². The average molecular weight is 393 g/mol. The lowest BCUT2D eigenvalue weighted by Crippen LogP contribution is -2.33. The maximum Gasteiger partial charge on any atom is 0.482 e. The minimum atomic E-state index is -4.57. The fourth-order valence-corrected chi connectivity index (χ4v) is 3.25. The highest BCUT2D eigenvalue weighted by molar-refractivity contribution is 7.52. The Morgan fingerprint density at radius 2 is 2.12 bits per heavy atom. The number of nitrogens with two attached hydrogens (primary N) is 1. The molecule has 1 aliphatic rings. The smallest absolute Gasteiger partial charge is 0.387 e. The normalized spacial score (nSPS) is 29.2. The van der Waals surface area contributed by atoms with Crippen molar-refractivity contribution in [2.75, 3.05) is 12.3 Å². The van der Waals surface area contributed by atoms with Crippen LogP contribution in [0.1, 0.15) is 6.23 Å². The third kappa shape index (κ3) is 3.54. The molecule has 1 saturated heterocycles. The summed E-state index contributed by atoms with van der Waals surface area (Å²) in [6.45, 7) is -0.595. The zero-order chi connectivity index (χ0) is 18.2. The first-order chi connectivity index (χ1) is 11.8. The average Bonchev–Trinajstić information content (AvgIpc) is 3.10. The van der Waals surface area contributed by atoms with Gasteiger partial charge in [-0.15, -0.1) is 0 Å². The molecule has 0 saturated carbocycles. The van der Waals surface area contributed by atoms with E-state index >= 15 is 0 Å². The number of phosphoric ester groups is 1. The van der Waals surface area contributed by atoms with Crippen LogP contribution in [0.15, 0.2) is 12.7 Å². The van der Waals surface area contributed by atoms with Crippen molar-refractivity contribution in [1.29, 1.82) is 0 Å². The van der Waals surface area contributed by atoms with Crippen LogP contribution in [-0.4, -0.2) is 59.5 Å². The third-order valence-corrected chi connectivity index (χ3v) is 5.10. The summed E-state index contributed by atoms with van der Waals surface area (Å²) in [5, 5.41) is 20.3. The summed E-state index contributed by atoms with van der Waals surface area (Å²) in [6, 6.07) is 0. The zero-order valence-corrected chi connectivity index (χ0v) is 14.1. The lowest BCUT2D eigenvalue weighted by molar-refractivity contribution is -0.0500. The van der Waals surface area contributed by atoms with Gasteiger partial charge in [0.15, 0.2) is 17.7 Å². The number of nitrogens with zero attached hydrogens (tertiary/aromatic N) is 4. The van der Waals surface area contributed by atoms with Gasteiger partial charge in [0.25, 0.3) is 0 Å². The van der Waals surface area contributed by atoms with Crippen LogP contribution in [0.25, 0.3) is 11.2 Å². The highest BCUT2D eigenvalue weighted by Gasteiger charge is 2.45. The van der Waals surface area contributed by atoms with Crippen molar-refractivity contribution >= 4 is 33.5 Å². The summed E-state index contributed by atoms with van der Waals surface area (Å²) in [4.78, 5) is 21.0. The molecule has 136 valence electrons. The minimum absolute atomic E-state index is 0.131. The van der Waals surface area contributed by atoms with Gasteiger partial charge in [0.05, 0.1) is 12.9 Å². The lowest BCUT2D eigenvalue weighted by atomic mass is 10.1. The third-order valence-electron chi connectivity index (χ3n) is 3.54. The second kappa shape index (κ2) is 6.98. The molecule has 3 rings (SSSR count). The van der Waals surface area contributed by atoms with Crippen LogP contribution in [0, 0.1) is 0 Å². The molecular formula is C10H13N5O8P2. The predicted molar refractivity (Wildman–Crippen MR) is 80.1 cm³/mol. The molecule has 0 aromatic carbocycles. The van der Waals surface area contributed by atoms with E-state index < -0.39 is 47.7 Å². The van der Waals surface area contributed by atoms with Crippen molar-refractivity contribution in [2.45, 2.75) is 24.5 Å². The summed E-state index contributed by atoms with van der Waals surface area (Å²) in [5.41, 5.74) is 6.24. The van der Waals surface area contributed by atoms with E-state index in [9.17, 15) is 24.2 Å². The number of fused-ring (bicyclic) bond motifs is 1. The highest BCUT2D eigenvalue weighted by atomic mass is 31.2. The largest absolute Gasteiger partial charge is 0.482 e. The summed E-state index contributed by atoms with van der Waals surface area (Å²) < 4.78 is 36.9. The number of rotatable bonds is 6. The number of anilines is 1. The lowest BCUT2D eigenvalue weighted by Gasteiger charge is -2.16. The van der Waals surface area contributed by atoms with E-state index in [2.05, 4.69) is 23.8 Å². The van der Waals surface area contributed by atoms with E-state index in [1.807, 2.05) is 0 Å². The van der Waals surface area contributed by atoms with Gasteiger partial charge in [-0.05, 0) is 0 Å². The standard InChI is InChI=1S/C10H13N5O8P2/c11-8-5-9(13-2-12-8)15(3-14-5)10-7(17)6(16)4(22-10)1-21-25(19,20)23-24-18/h2-4,6-7,10,16-17H,1H2,(H,19,20)(H2,11,12,13)/t4-,6-,7-,10-/m1/s1. The van der Waals surface area contributed by atoms with E-state index in [4.69, 9.17) is 10.5 Å². The van der Waals surface area contributed by atoms with Gasteiger partial charge in [-0.3, -0.25) is 9.09 Å². The molecule has 1 unspecified atom stereocenters. The van der Waals surface area contributed by atoms with Crippen LogP contribution in [0.4, 0.5) is 5.82 Å². The number of imidazole rings is 1. The zero-order valence-electron chi connectivity index (χ0n) is 12.3. The second-order valence-corrected chi connectivity index (χ2v) is 7.05. The molecule has 0 spiro atoms. The van der Waals surface area contributed by atoms with E-state index in [-0.39, 0.29) is 17.0 Å². The van der Waals surface area contributed by atoms with Crippen molar-refractivity contribution in [2.24, 2.45) is 0 Å². The van der Waals surface area contributed by atoms with Gasteiger partial charge < -0.3 is 25.6 Å². The number of nitrogen functional groups attached to an aromatic ring is 1. The van der Waals surface area contributed by atoms with Gasteiger partial charge >= 0.3 is 16.5 Å². The quantitative estimate of drug-likeness (QED) is 0.455. The van der Waals surface area contributed by atoms with Crippen molar-refractivity contribution in [3.63, 3.8) is 0 Å². The van der Waals surface area contributed by atoms with Crippen LogP contribution in [0.2, 0.25) is 0 Å². The molecule has 25 heavy (non-hydrogen) atoms. The number of ether oxygens (including phenoxy) is 1. The fourth-order valence-electron chi connectivity index (χ4n) is 2.39. The fraction of sp³-hybridized carbons (Fsp3) is 0.500. The van der Waals surface area contributed by atoms with Crippen LogP contribution < -0.4 is 5.73 Å². The summed E-state index contributed by atoms with van der Waals surface area (Å²) in [6.07, 6.45) is -2.60. The molecule has 0 radical (unpaired) electrons. The topological polar surface area (TPSA) is 192 Å². The Balaban J connectivity index is 1.79. The van der Waals surface area contributed by atoms with Crippen molar-refractivity contribution in [3.8, 4) is 0 Å². The molecule has 0 bridgehead atoms. The second-order valence-electron chi connectivity index (χ2n) is 5.05. The minimum Gasteiger partial charge on any atom is -0.387 e. The van der Waals surface area contributed by atoms with Gasteiger partial charge in [0.1, 0.15) is 30.2 Å². The SMILES string of the molecule is Nc1ncnc2c1ncn2[C@@H]1O[C@H](COP(=O)(O)OP=O)[C@@H](O)[C@H]1O. The maximum atomic E-state index is 11.3. The number of phosphoric acid groups is 1. The summed E-state index contributed by atoms with van der Waals surface area (Å²) >= 11 is 0. The Hall–Kier alpha value is -1.56. The molecule has 0 amide bonds. The highest BCUT2D eigenvalue weighted by Crippen LogP contribution is 2.47. The van der Waals surface area contributed by atoms with Crippen molar-refractivity contribution in [3.05, 3.63) is 12.7 Å². The van der Waals surface area contributed by atoms with Crippen LogP contribution in [-0.2, 0) is 22.7 Å². The number of aromatic nitrogens is 4. The molecule has 1 aliphatic heterocycles. The molecule has 15 heteroatoms. The molecule has 2 aromatic rings. The van der Waals surface area contributed by atoms with Gasteiger partial charge in [-0.1, -0.05) is 0 Å². The molecule has 2 aromatic heterocycles. The van der Waals surface area contributed by atoms with E-state index in [0.29, 0.717) is 0 Å². The molecule has 1 fully saturated rings. The molecule has 3 heterocycles. The van der Waals surface area contributed by atoms with Gasteiger partial charge in [0, 0.05) is 0 Å². The van der Waals surface area contributed by atoms with E-state index in [0.717, 1.165) is 0 Å². The van der Waals surface area contributed by atoms with Crippen molar-refractivity contribution < 1.29 is 37.8 Å². The first-order valence-corrected chi connectivity index (χ1v) is 9.00. The Kier molecular flexibility index (Phi) is 5.09. The summed E-state index contributed by atoms with van der Waals surface area (Å²) in [7, 11) is -5.61. The summed E-state index contributed by atoms with van der Waals surface area (Å²) in [5.74, 6) is 0.131. The molecule has 0 aliphatic carbocycles. The Morgan fingerprint density at radius 3 is 2.84 bits per heavy atom. The number of hydrogen-bond acceptors (Lipinski definition) is 11. The van der Waals surface area contributed by atoms with E-state index in [1.54, 1.807) is 0 Å². The Labute approximate surface area is 141 Å². The van der Waals surface area contributed by atoms with Crippen LogP contribution in [0.3, 0.4) is 0 Å². The van der Waals surface area contributed by atoms with Gasteiger partial charge in [-0.25, -0.2) is 24.1 Å². The number of hydrogen-bond donors (Lipinski definition) is 4. The number of aliphatic hydroxyl groups excluding tert-OH is 2. The predicted octanol–water partition coefficient (Wildman–Crippen LogP) is -0.632. The van der Waals surface area contributed by atoms with Gasteiger partial charge in [0.2, 0.25) is 0 Å². The molecule has 13 nitrogen and oxygen atoms in total. The van der Waals surface area contributed by atoms with E-state index in [1.165, 1.54) is 17.2 Å². The maximum absolute atomic E-state index is 11.3. The van der Waals surface area contributed by atoms with Crippen LogP contribution >= 0.6 is 16.5 Å².